The van der Waals surface area contributed by atoms with Crippen LogP contribution in [0.5, 0.6) is 0 Å². The zero-order chi connectivity index (χ0) is 20.6. The van der Waals surface area contributed by atoms with E-state index in [4.69, 9.17) is 10.3 Å². The molecule has 146 valence electrons. The van der Waals surface area contributed by atoms with Gasteiger partial charge in [0.1, 0.15) is 11.3 Å². The topological polar surface area (TPSA) is 90.7 Å². The van der Waals surface area contributed by atoms with Gasteiger partial charge in [0.25, 0.3) is 0 Å². The van der Waals surface area contributed by atoms with Gasteiger partial charge in [-0.05, 0) is 32.0 Å². The molecular weight excluding hydrogens is 384 g/mol. The summed E-state index contributed by atoms with van der Waals surface area (Å²) >= 11 is 0. The molecule has 0 spiro atoms. The number of benzene rings is 1. The van der Waals surface area contributed by atoms with Crippen LogP contribution in [0.4, 0.5) is 26.3 Å². The van der Waals surface area contributed by atoms with Crippen LogP contribution < -0.4 is 5.73 Å². The Kier molecular flexibility index (Phi) is 5.20. The summed E-state index contributed by atoms with van der Waals surface area (Å²) in [6.07, 6.45) is -10.1. The lowest BCUT2D eigenvalue weighted by atomic mass is 10.0. The SMILES string of the molecule is Cc1noc(C)c1C(=O)O/N=C(/N)c1cc(C(F)(F)F)cc(C(F)(F)F)c1. The zero-order valence-electron chi connectivity index (χ0n) is 13.7. The highest BCUT2D eigenvalue weighted by Crippen LogP contribution is 2.36. The highest BCUT2D eigenvalue weighted by atomic mass is 19.4. The van der Waals surface area contributed by atoms with Crippen LogP contribution in [-0.4, -0.2) is 17.0 Å². The van der Waals surface area contributed by atoms with Gasteiger partial charge in [0.2, 0.25) is 0 Å². The van der Waals surface area contributed by atoms with Crippen molar-refractivity contribution < 1.29 is 40.5 Å². The van der Waals surface area contributed by atoms with Crippen molar-refractivity contribution in [2.24, 2.45) is 10.9 Å². The minimum absolute atomic E-state index is 0.0628. The summed E-state index contributed by atoms with van der Waals surface area (Å²) in [4.78, 5) is 16.4. The van der Waals surface area contributed by atoms with E-state index >= 15 is 0 Å². The van der Waals surface area contributed by atoms with Crippen LogP contribution in [0.1, 0.15) is 38.5 Å². The summed E-state index contributed by atoms with van der Waals surface area (Å²) in [5.74, 6) is -1.85. The smallest absolute Gasteiger partial charge is 0.380 e. The molecule has 2 N–H and O–H groups in total. The van der Waals surface area contributed by atoms with Crippen molar-refractivity contribution in [1.82, 2.24) is 5.16 Å². The number of nitrogens with two attached hydrogens (primary N) is 1. The molecule has 0 aliphatic carbocycles. The third-order valence-corrected chi connectivity index (χ3v) is 3.35. The summed E-state index contributed by atoms with van der Waals surface area (Å²) in [6.45, 7) is 2.81. The number of carbonyl (C=O) groups excluding carboxylic acids is 1. The monoisotopic (exact) mass is 395 g/mol. The standard InChI is InChI=1S/C15H11F6N3O3/c1-6-11(7(2)26-23-6)13(25)27-24-12(22)8-3-9(14(16,17)18)5-10(4-8)15(19,20)21/h3-5H,1-2H3,(H2,22,24). The van der Waals surface area contributed by atoms with E-state index in [1.807, 2.05) is 0 Å². The van der Waals surface area contributed by atoms with Gasteiger partial charge in [0.15, 0.2) is 5.84 Å². The average Bonchev–Trinajstić information content (AvgIpc) is 2.89. The molecule has 0 saturated carbocycles. The highest BCUT2D eigenvalue weighted by Gasteiger charge is 2.37. The number of oxime groups is 1. The Hall–Kier alpha value is -3.05. The maximum Gasteiger partial charge on any atom is 0.416 e. The van der Waals surface area contributed by atoms with Crippen LogP contribution in [0.3, 0.4) is 0 Å². The third-order valence-electron chi connectivity index (χ3n) is 3.35. The van der Waals surface area contributed by atoms with Gasteiger partial charge in [-0.2, -0.15) is 26.3 Å². The van der Waals surface area contributed by atoms with Crippen LogP contribution >= 0.6 is 0 Å². The van der Waals surface area contributed by atoms with Gasteiger partial charge in [-0.3, -0.25) is 0 Å². The average molecular weight is 395 g/mol. The fourth-order valence-corrected chi connectivity index (χ4v) is 2.07. The molecule has 0 bridgehead atoms. The molecule has 1 aromatic heterocycles. The first-order chi connectivity index (χ1) is 12.3. The number of alkyl halides is 6. The lowest BCUT2D eigenvalue weighted by Crippen LogP contribution is -2.19. The van der Waals surface area contributed by atoms with Gasteiger partial charge in [0, 0.05) is 5.56 Å². The normalized spacial score (nSPS) is 13.0. The lowest BCUT2D eigenvalue weighted by Gasteiger charge is -2.13. The van der Waals surface area contributed by atoms with Gasteiger partial charge in [-0.15, -0.1) is 0 Å². The van der Waals surface area contributed by atoms with E-state index in [0.29, 0.717) is 12.1 Å². The molecule has 0 aliphatic heterocycles. The van der Waals surface area contributed by atoms with Crippen LogP contribution in [0.2, 0.25) is 0 Å². The second kappa shape index (κ2) is 6.93. The molecule has 0 aliphatic rings. The molecule has 2 rings (SSSR count). The number of aryl methyl sites for hydroxylation is 2. The number of amidine groups is 1. The van der Waals surface area contributed by atoms with Crippen LogP contribution in [-0.2, 0) is 17.2 Å². The molecule has 0 fully saturated rings. The zero-order valence-corrected chi connectivity index (χ0v) is 13.7. The quantitative estimate of drug-likeness (QED) is 0.281. The van der Waals surface area contributed by atoms with E-state index < -0.39 is 40.8 Å². The van der Waals surface area contributed by atoms with E-state index in [9.17, 15) is 31.1 Å². The van der Waals surface area contributed by atoms with E-state index in [1.165, 1.54) is 13.8 Å². The summed E-state index contributed by atoms with van der Waals surface area (Å²) in [7, 11) is 0. The molecule has 6 nitrogen and oxygen atoms in total. The number of hydrogen-bond acceptors (Lipinski definition) is 5. The van der Waals surface area contributed by atoms with Gasteiger partial charge in [0.05, 0.1) is 16.8 Å². The van der Waals surface area contributed by atoms with E-state index in [-0.39, 0.29) is 23.1 Å². The molecule has 0 atom stereocenters. The van der Waals surface area contributed by atoms with Crippen molar-refractivity contribution in [2.45, 2.75) is 26.2 Å². The Labute approximate surface area is 147 Å². The number of rotatable bonds is 3. The predicted octanol–water partition coefficient (Wildman–Crippen LogP) is 3.81. The Morgan fingerprint density at radius 2 is 1.59 bits per heavy atom. The van der Waals surface area contributed by atoms with Crippen molar-refractivity contribution in [3.05, 3.63) is 51.9 Å². The second-order valence-corrected chi connectivity index (χ2v) is 5.35. The molecule has 12 heteroatoms. The lowest BCUT2D eigenvalue weighted by molar-refractivity contribution is -0.143. The highest BCUT2D eigenvalue weighted by molar-refractivity contribution is 5.98. The third kappa shape index (κ3) is 4.57. The van der Waals surface area contributed by atoms with Gasteiger partial charge in [-0.25, -0.2) is 4.79 Å². The largest absolute Gasteiger partial charge is 0.416 e. The molecule has 0 unspecified atom stereocenters. The molecule has 27 heavy (non-hydrogen) atoms. The predicted molar refractivity (Wildman–Crippen MR) is 78.6 cm³/mol. The first-order valence-electron chi connectivity index (χ1n) is 7.08. The van der Waals surface area contributed by atoms with Gasteiger partial charge in [-0.1, -0.05) is 10.3 Å². The summed E-state index contributed by atoms with van der Waals surface area (Å²) < 4.78 is 81.8. The molecule has 0 saturated heterocycles. The Morgan fingerprint density at radius 3 is 2.00 bits per heavy atom. The van der Waals surface area contributed by atoms with E-state index in [0.717, 1.165) is 0 Å². The Bertz CT molecular complexity index is 847. The van der Waals surface area contributed by atoms with E-state index in [1.54, 1.807) is 0 Å². The number of nitrogens with zero attached hydrogens (tertiary/aromatic N) is 2. The van der Waals surface area contributed by atoms with Crippen LogP contribution in [0.25, 0.3) is 0 Å². The molecule has 0 radical (unpaired) electrons. The second-order valence-electron chi connectivity index (χ2n) is 5.35. The van der Waals surface area contributed by atoms with Crippen molar-refractivity contribution in [1.29, 1.82) is 0 Å². The van der Waals surface area contributed by atoms with E-state index in [2.05, 4.69) is 15.1 Å². The first-order valence-corrected chi connectivity index (χ1v) is 7.08. The minimum Gasteiger partial charge on any atom is -0.380 e. The number of aromatic nitrogens is 1. The van der Waals surface area contributed by atoms with Crippen LogP contribution in [0, 0.1) is 13.8 Å². The molecule has 1 aromatic carbocycles. The van der Waals surface area contributed by atoms with Crippen molar-refractivity contribution in [3.63, 3.8) is 0 Å². The number of halogens is 6. The molecular formula is C15H11F6N3O3. The van der Waals surface area contributed by atoms with Crippen molar-refractivity contribution in [3.8, 4) is 0 Å². The fraction of sp³-hybridized carbons (Fsp3) is 0.267. The van der Waals surface area contributed by atoms with Crippen LogP contribution in [0.15, 0.2) is 27.9 Å². The molecule has 0 amide bonds. The number of carbonyl (C=O) groups is 1. The molecule has 1 heterocycles. The summed E-state index contributed by atoms with van der Waals surface area (Å²) in [6, 6.07) is 0.655. The van der Waals surface area contributed by atoms with Gasteiger partial charge >= 0.3 is 18.3 Å². The van der Waals surface area contributed by atoms with Gasteiger partial charge < -0.3 is 15.1 Å². The summed E-state index contributed by atoms with van der Waals surface area (Å²) in [5.41, 5.74) is 1.58. The van der Waals surface area contributed by atoms with Crippen molar-refractivity contribution in [2.75, 3.05) is 0 Å². The fourth-order valence-electron chi connectivity index (χ4n) is 2.07. The maximum absolute atomic E-state index is 12.8. The minimum atomic E-state index is -5.05. The Balaban J connectivity index is 2.38. The summed E-state index contributed by atoms with van der Waals surface area (Å²) in [5, 5.41) is 6.61. The number of hydrogen-bond donors (Lipinski definition) is 1. The molecule has 2 aromatic rings. The van der Waals surface area contributed by atoms with Crippen molar-refractivity contribution >= 4 is 11.8 Å². The maximum atomic E-state index is 12.8. The first kappa shape index (κ1) is 20.3. The Morgan fingerprint density at radius 1 is 1.07 bits per heavy atom.